The van der Waals surface area contributed by atoms with Gasteiger partial charge in [0.05, 0.1) is 30.0 Å². The van der Waals surface area contributed by atoms with Crippen molar-refractivity contribution in [1.29, 1.82) is 0 Å². The molecule has 0 aliphatic carbocycles. The molecule has 204 valence electrons. The second kappa shape index (κ2) is 10.9. The van der Waals surface area contributed by atoms with E-state index >= 15 is 0 Å². The van der Waals surface area contributed by atoms with Crippen LogP contribution in [0.3, 0.4) is 0 Å². The summed E-state index contributed by atoms with van der Waals surface area (Å²) in [5.41, 5.74) is 7.99. The van der Waals surface area contributed by atoms with Crippen molar-refractivity contribution in [2.45, 2.75) is 38.3 Å². The third kappa shape index (κ3) is 5.08. The van der Waals surface area contributed by atoms with Crippen LogP contribution in [0.4, 0.5) is 4.39 Å². The number of hydrogen-bond acceptors (Lipinski definition) is 10. The molecule has 1 aromatic carbocycles. The van der Waals surface area contributed by atoms with Crippen LogP contribution in [-0.4, -0.2) is 69.5 Å². The molecular weight excluding hydrogens is 521 g/mol. The first kappa shape index (κ1) is 26.4. The van der Waals surface area contributed by atoms with E-state index < -0.39 is 36.1 Å². The number of primary amides is 1. The van der Waals surface area contributed by atoms with Crippen molar-refractivity contribution < 1.29 is 18.8 Å². The third-order valence-electron chi connectivity index (χ3n) is 6.57. The molecule has 1 aromatic heterocycles. The van der Waals surface area contributed by atoms with E-state index in [-0.39, 0.29) is 25.2 Å². The normalized spacial score (nSPS) is 22.0. The minimum absolute atomic E-state index is 0.0300. The second-order valence-corrected chi connectivity index (χ2v) is 9.15. The topological polar surface area (TPSA) is 184 Å². The summed E-state index contributed by atoms with van der Waals surface area (Å²) < 4.78 is 15.8. The van der Waals surface area contributed by atoms with Gasteiger partial charge in [-0.15, -0.1) is 5.11 Å². The number of carbonyl (C=O) groups excluding carboxylic acids is 3. The predicted molar refractivity (Wildman–Crippen MR) is 143 cm³/mol. The Hall–Kier alpha value is -5.21. The molecule has 0 bridgehead atoms. The minimum Gasteiger partial charge on any atom is -0.364 e. The number of halogens is 1. The number of amides is 3. The molecule has 0 radical (unpaired) electrons. The number of amidine groups is 1. The summed E-state index contributed by atoms with van der Waals surface area (Å²) >= 11 is 0. The van der Waals surface area contributed by atoms with E-state index in [2.05, 4.69) is 47.4 Å². The van der Waals surface area contributed by atoms with E-state index in [0.717, 1.165) is 11.1 Å². The number of nitrogens with two attached hydrogens (primary N) is 1. The highest BCUT2D eigenvalue weighted by Gasteiger charge is 2.41. The number of azo groups is 2. The Morgan fingerprint density at radius 3 is 2.90 bits per heavy atom. The first-order valence-corrected chi connectivity index (χ1v) is 12.2. The molecule has 3 atom stereocenters. The van der Waals surface area contributed by atoms with E-state index in [9.17, 15) is 18.8 Å². The number of likely N-dealkylation sites (tertiary alicyclic amines) is 1. The highest BCUT2D eigenvalue weighted by atomic mass is 19.1. The Labute approximate surface area is 226 Å². The van der Waals surface area contributed by atoms with Gasteiger partial charge in [0, 0.05) is 18.0 Å². The lowest BCUT2D eigenvalue weighted by Crippen LogP contribution is -2.50. The van der Waals surface area contributed by atoms with Crippen LogP contribution in [0, 0.1) is 0 Å². The third-order valence-corrected chi connectivity index (χ3v) is 6.57. The van der Waals surface area contributed by atoms with Gasteiger partial charge in [0.25, 0.3) is 5.91 Å². The number of allylic oxidation sites excluding steroid dienone is 1. The summed E-state index contributed by atoms with van der Waals surface area (Å²) in [5, 5.41) is 22.6. The fraction of sp³-hybridized carbons (Fsp3) is 0.280. The van der Waals surface area contributed by atoms with Gasteiger partial charge in [0.2, 0.25) is 11.8 Å². The van der Waals surface area contributed by atoms with Gasteiger partial charge in [-0.05, 0) is 30.2 Å². The molecular formula is C25H24FN11O3. The summed E-state index contributed by atoms with van der Waals surface area (Å²) in [6, 6.07) is 4.10. The number of aromatic nitrogens is 2. The summed E-state index contributed by atoms with van der Waals surface area (Å²) in [6.45, 7) is 4.67. The van der Waals surface area contributed by atoms with Crippen LogP contribution in [0.15, 0.2) is 79.4 Å². The Balaban J connectivity index is 1.37. The molecule has 0 spiro atoms. The lowest BCUT2D eigenvalue weighted by Gasteiger charge is -2.26. The van der Waals surface area contributed by atoms with Crippen molar-refractivity contribution in [3.8, 4) is 0 Å². The first-order valence-electron chi connectivity index (χ1n) is 12.2. The molecule has 3 aliphatic heterocycles. The zero-order chi connectivity index (χ0) is 28.4. The largest absolute Gasteiger partial charge is 0.364 e. The van der Waals surface area contributed by atoms with Gasteiger partial charge in [-0.2, -0.15) is 20.4 Å². The van der Waals surface area contributed by atoms with Crippen LogP contribution in [0.2, 0.25) is 0 Å². The molecule has 3 amide bonds. The number of alkyl halides is 1. The Kier molecular flexibility index (Phi) is 7.18. The molecule has 40 heavy (non-hydrogen) atoms. The quantitative estimate of drug-likeness (QED) is 0.482. The van der Waals surface area contributed by atoms with Crippen LogP contribution in [0.5, 0.6) is 0 Å². The second-order valence-electron chi connectivity index (χ2n) is 9.15. The highest BCUT2D eigenvalue weighted by Crippen LogP contribution is 2.26. The van der Waals surface area contributed by atoms with Crippen LogP contribution >= 0.6 is 0 Å². The standard InChI is InChI=1S/C25H24FN11O3/c1-3-30-31-8-13(2)14-4-5-18-16(6-14)21(22(27)39)35-37(18)11-20(38)36-10-15(26)7-19(36)25(40)33-23-17-9-32-34-24(17)29-12-28-23/h3-6,8-9,12,15,19,23H,1,7,10-11H2,2H3,(H2,27,39)(H,33,40)/b13-8+,31-30-. The van der Waals surface area contributed by atoms with Crippen molar-refractivity contribution in [2.24, 2.45) is 36.2 Å². The maximum atomic E-state index is 14.5. The molecule has 5 rings (SSSR count). The molecule has 15 heteroatoms. The van der Waals surface area contributed by atoms with Gasteiger partial charge in [-0.25, -0.2) is 14.4 Å². The molecule has 14 nitrogen and oxygen atoms in total. The van der Waals surface area contributed by atoms with Crippen LogP contribution in [-0.2, 0) is 16.1 Å². The van der Waals surface area contributed by atoms with E-state index in [1.165, 1.54) is 34.5 Å². The lowest BCUT2D eigenvalue weighted by molar-refractivity contribution is -0.139. The first-order chi connectivity index (χ1) is 19.3. The van der Waals surface area contributed by atoms with Gasteiger partial charge < -0.3 is 16.0 Å². The Bertz CT molecular complexity index is 1600. The fourth-order valence-corrected chi connectivity index (χ4v) is 4.63. The summed E-state index contributed by atoms with van der Waals surface area (Å²) in [4.78, 5) is 47.9. The number of rotatable bonds is 8. The maximum Gasteiger partial charge on any atom is 0.269 e. The number of fused-ring (bicyclic) bond motifs is 2. The Morgan fingerprint density at radius 1 is 1.30 bits per heavy atom. The van der Waals surface area contributed by atoms with Gasteiger partial charge >= 0.3 is 0 Å². The average Bonchev–Trinajstić information content (AvgIpc) is 3.66. The molecule has 3 N–H and O–H groups in total. The molecule has 3 unspecified atom stereocenters. The minimum atomic E-state index is -1.39. The smallest absolute Gasteiger partial charge is 0.269 e. The van der Waals surface area contributed by atoms with Crippen LogP contribution < -0.4 is 11.1 Å². The van der Waals surface area contributed by atoms with E-state index in [4.69, 9.17) is 5.73 Å². The van der Waals surface area contributed by atoms with Crippen molar-refractivity contribution >= 4 is 46.4 Å². The van der Waals surface area contributed by atoms with Gasteiger partial charge in [-0.1, -0.05) is 12.6 Å². The summed E-state index contributed by atoms with van der Waals surface area (Å²) in [5.74, 6) is -1.58. The number of aliphatic imine (C=N–C) groups is 2. The zero-order valence-electron chi connectivity index (χ0n) is 21.3. The SMILES string of the molecule is C=C/N=N\C=C(/C)c1ccc2c(c1)c(C(N)=O)nn2CC(=O)N1CC(F)CC1C(=O)NC1N=CN=C2N=NC=C21. The maximum absolute atomic E-state index is 14.5. The highest BCUT2D eigenvalue weighted by molar-refractivity contribution is 6.07. The number of carbonyl (C=O) groups is 3. The van der Waals surface area contributed by atoms with Crippen molar-refractivity contribution in [1.82, 2.24) is 20.0 Å². The van der Waals surface area contributed by atoms with Crippen molar-refractivity contribution in [2.75, 3.05) is 6.54 Å². The number of hydrogen-bond donors (Lipinski definition) is 2. The summed E-state index contributed by atoms with van der Waals surface area (Å²) in [6.07, 6.45) is 3.15. The number of nitrogens with zero attached hydrogens (tertiary/aromatic N) is 9. The van der Waals surface area contributed by atoms with E-state index in [1.807, 2.05) is 6.92 Å². The summed E-state index contributed by atoms with van der Waals surface area (Å²) in [7, 11) is 0. The average molecular weight is 546 g/mol. The molecule has 0 saturated carbocycles. The monoisotopic (exact) mass is 545 g/mol. The molecule has 1 fully saturated rings. The number of benzene rings is 1. The lowest BCUT2D eigenvalue weighted by atomic mass is 10.0. The van der Waals surface area contributed by atoms with Gasteiger partial charge in [0.15, 0.2) is 17.7 Å². The fourth-order valence-electron chi connectivity index (χ4n) is 4.63. The van der Waals surface area contributed by atoms with Gasteiger partial charge in [0.1, 0.15) is 25.1 Å². The van der Waals surface area contributed by atoms with Crippen molar-refractivity contribution in [3.05, 3.63) is 60.2 Å². The van der Waals surface area contributed by atoms with E-state index in [1.54, 1.807) is 18.2 Å². The van der Waals surface area contributed by atoms with Crippen LogP contribution in [0.25, 0.3) is 16.5 Å². The molecule has 4 heterocycles. The van der Waals surface area contributed by atoms with Crippen LogP contribution in [0.1, 0.15) is 29.4 Å². The van der Waals surface area contributed by atoms with Crippen molar-refractivity contribution in [3.63, 3.8) is 0 Å². The molecule has 1 saturated heterocycles. The Morgan fingerprint density at radius 2 is 2.12 bits per heavy atom. The zero-order valence-corrected chi connectivity index (χ0v) is 21.3. The molecule has 2 aromatic rings. The van der Waals surface area contributed by atoms with E-state index in [0.29, 0.717) is 22.3 Å². The molecule has 3 aliphatic rings. The van der Waals surface area contributed by atoms with Gasteiger partial charge in [-0.3, -0.25) is 19.1 Å². The number of nitrogens with one attached hydrogen (secondary N) is 1. The predicted octanol–water partition coefficient (Wildman–Crippen LogP) is 2.26.